The quantitative estimate of drug-likeness (QED) is 0.330. The summed E-state index contributed by atoms with van der Waals surface area (Å²) in [6.07, 6.45) is -8.73. The highest BCUT2D eigenvalue weighted by Crippen LogP contribution is 2.39. The van der Waals surface area contributed by atoms with E-state index in [1.807, 2.05) is 24.4 Å². The number of nitrogens with one attached hydrogen (secondary N) is 1. The lowest BCUT2D eigenvalue weighted by Gasteiger charge is -2.34. The van der Waals surface area contributed by atoms with Gasteiger partial charge >= 0.3 is 6.18 Å². The van der Waals surface area contributed by atoms with Crippen LogP contribution < -0.4 is 5.56 Å². The minimum absolute atomic E-state index is 0.0493. The van der Waals surface area contributed by atoms with E-state index in [-0.39, 0.29) is 17.4 Å². The number of rotatable bonds is 7. The highest BCUT2D eigenvalue weighted by molar-refractivity contribution is 5.92. The Morgan fingerprint density at radius 1 is 1.08 bits per heavy atom. The van der Waals surface area contributed by atoms with Crippen molar-refractivity contribution in [1.29, 1.82) is 0 Å². The Labute approximate surface area is 217 Å². The number of hydrogen-bond acceptors (Lipinski definition) is 2. The van der Waals surface area contributed by atoms with Gasteiger partial charge < -0.3 is 14.5 Å². The van der Waals surface area contributed by atoms with Crippen molar-refractivity contribution in [2.24, 2.45) is 13.0 Å². The van der Waals surface area contributed by atoms with Gasteiger partial charge in [-0.2, -0.15) is 13.2 Å². The van der Waals surface area contributed by atoms with E-state index in [0.29, 0.717) is 31.5 Å². The highest BCUT2D eigenvalue weighted by atomic mass is 19.4. The van der Waals surface area contributed by atoms with Crippen LogP contribution in [0, 0.1) is 12.8 Å². The fraction of sp³-hybridized carbons (Fsp3) is 0.536. The molecule has 0 radical (unpaired) electrons. The van der Waals surface area contributed by atoms with E-state index in [4.69, 9.17) is 0 Å². The second-order valence-corrected chi connectivity index (χ2v) is 10.7. The van der Waals surface area contributed by atoms with Crippen LogP contribution in [0.5, 0.6) is 0 Å². The summed E-state index contributed by atoms with van der Waals surface area (Å²) in [7, 11) is 1.73. The Morgan fingerprint density at radius 3 is 2.29 bits per heavy atom. The minimum Gasteiger partial charge on any atom is -0.354 e. The predicted octanol–water partition coefficient (Wildman–Crippen LogP) is 6.93. The molecule has 0 aliphatic carbocycles. The van der Waals surface area contributed by atoms with Gasteiger partial charge in [0.1, 0.15) is 12.1 Å². The molecule has 2 unspecified atom stereocenters. The van der Waals surface area contributed by atoms with Crippen LogP contribution in [0.25, 0.3) is 22.2 Å². The van der Waals surface area contributed by atoms with Crippen molar-refractivity contribution < 1.29 is 26.3 Å². The second-order valence-electron chi connectivity index (χ2n) is 10.7. The average Bonchev–Trinajstić information content (AvgIpc) is 3.20. The number of hydrogen-bond donors (Lipinski definition) is 1. The zero-order chi connectivity index (χ0) is 27.9. The fourth-order valence-electron chi connectivity index (χ4n) is 5.64. The van der Waals surface area contributed by atoms with Crippen molar-refractivity contribution in [3.05, 3.63) is 57.5 Å². The van der Waals surface area contributed by atoms with Crippen molar-refractivity contribution in [3.8, 4) is 11.3 Å². The first-order chi connectivity index (χ1) is 17.8. The molecule has 2 aromatic heterocycles. The van der Waals surface area contributed by atoms with Crippen molar-refractivity contribution in [2.75, 3.05) is 19.6 Å². The van der Waals surface area contributed by atoms with Crippen LogP contribution in [0.3, 0.4) is 0 Å². The van der Waals surface area contributed by atoms with E-state index in [1.165, 1.54) is 4.90 Å². The number of pyridine rings is 1. The molecule has 1 N–H and O–H groups in total. The molecule has 1 aliphatic rings. The molecule has 0 bridgehead atoms. The lowest BCUT2D eigenvalue weighted by Crippen LogP contribution is -2.45. The van der Waals surface area contributed by atoms with Crippen molar-refractivity contribution in [3.63, 3.8) is 0 Å². The van der Waals surface area contributed by atoms with Gasteiger partial charge in [-0.3, -0.25) is 4.79 Å². The number of halogens is 6. The SMILES string of the molecule is Cc1cc(-c2[nH]c3ccc(C4CCN(CC(F)C(C(F)F)C(F)(F)F)CC4)cc3c2C(C)C)cn(C)c1=O. The highest BCUT2D eigenvalue weighted by Gasteiger charge is 2.51. The molecule has 0 saturated carbocycles. The minimum atomic E-state index is -5.28. The van der Waals surface area contributed by atoms with Crippen molar-refractivity contribution in [2.45, 2.75) is 64.2 Å². The lowest BCUT2D eigenvalue weighted by molar-refractivity contribution is -0.225. The van der Waals surface area contributed by atoms with Crippen LogP contribution in [0.4, 0.5) is 26.3 Å². The van der Waals surface area contributed by atoms with Crippen LogP contribution in [-0.4, -0.2) is 52.9 Å². The van der Waals surface area contributed by atoms with Crippen molar-refractivity contribution >= 4 is 10.9 Å². The normalized spacial score (nSPS) is 17.6. The van der Waals surface area contributed by atoms with Gasteiger partial charge in [0.05, 0.1) is 5.69 Å². The molecule has 10 heteroatoms. The van der Waals surface area contributed by atoms with Crippen LogP contribution in [0.15, 0.2) is 35.3 Å². The molecule has 38 heavy (non-hydrogen) atoms. The molecule has 2 atom stereocenters. The predicted molar refractivity (Wildman–Crippen MR) is 137 cm³/mol. The summed E-state index contributed by atoms with van der Waals surface area (Å²) < 4.78 is 80.2. The van der Waals surface area contributed by atoms with Gasteiger partial charge in [0.2, 0.25) is 0 Å². The molecule has 4 rings (SSSR count). The maximum atomic E-state index is 14.3. The number of nitrogens with zero attached hydrogens (tertiary/aromatic N) is 2. The smallest absolute Gasteiger partial charge is 0.354 e. The summed E-state index contributed by atoms with van der Waals surface area (Å²) in [5.41, 5.74) is 5.64. The largest absolute Gasteiger partial charge is 0.400 e. The van der Waals surface area contributed by atoms with E-state index >= 15 is 0 Å². The first-order valence-electron chi connectivity index (χ1n) is 12.8. The van der Waals surface area contributed by atoms with Gasteiger partial charge in [-0.15, -0.1) is 0 Å². The molecule has 3 aromatic rings. The Kier molecular flexibility index (Phi) is 8.02. The van der Waals surface area contributed by atoms with Gasteiger partial charge in [-0.25, -0.2) is 13.2 Å². The zero-order valence-corrected chi connectivity index (χ0v) is 21.9. The molecule has 208 valence electrons. The van der Waals surface area contributed by atoms with Gasteiger partial charge in [-0.1, -0.05) is 19.9 Å². The van der Waals surface area contributed by atoms with Gasteiger partial charge in [0, 0.05) is 41.8 Å². The maximum absolute atomic E-state index is 14.3. The standard InChI is InChI=1S/C28H33F6N3O/c1-15(2)23-20-12-18(5-6-22(20)35-25(23)19-11-16(3)27(38)36(4)13-19)17-7-9-37(10-8-17)14-21(29)24(26(30)31)28(32,33)34/h5-6,11-13,15,17,21,24,26,35H,7-10,14H2,1-4H3. The average molecular weight is 542 g/mol. The number of fused-ring (bicyclic) bond motifs is 1. The first-order valence-corrected chi connectivity index (χ1v) is 12.8. The molecule has 0 spiro atoms. The van der Waals surface area contributed by atoms with E-state index < -0.39 is 31.2 Å². The summed E-state index contributed by atoms with van der Waals surface area (Å²) in [6.45, 7) is 6.02. The number of benzene rings is 1. The molecule has 4 nitrogen and oxygen atoms in total. The Hall–Kier alpha value is -2.75. The van der Waals surface area contributed by atoms with Gasteiger partial charge in [-0.05, 0) is 74.0 Å². The third kappa shape index (κ3) is 5.65. The number of alkyl halides is 6. The molecule has 3 heterocycles. The van der Waals surface area contributed by atoms with Crippen LogP contribution in [0.2, 0.25) is 0 Å². The van der Waals surface area contributed by atoms with E-state index in [9.17, 15) is 31.1 Å². The third-order valence-corrected chi connectivity index (χ3v) is 7.62. The van der Waals surface area contributed by atoms with Gasteiger partial charge in [0.15, 0.2) is 0 Å². The number of H-pyrrole nitrogens is 1. The summed E-state index contributed by atoms with van der Waals surface area (Å²) in [5.74, 6) is -2.96. The van der Waals surface area contributed by atoms with Crippen LogP contribution >= 0.6 is 0 Å². The number of aromatic nitrogens is 2. The lowest BCUT2D eigenvalue weighted by atomic mass is 9.87. The Morgan fingerprint density at radius 2 is 1.74 bits per heavy atom. The van der Waals surface area contributed by atoms with E-state index in [2.05, 4.69) is 24.9 Å². The Balaban J connectivity index is 1.54. The van der Waals surface area contributed by atoms with Crippen molar-refractivity contribution in [1.82, 2.24) is 14.5 Å². The van der Waals surface area contributed by atoms with E-state index in [0.717, 1.165) is 33.3 Å². The van der Waals surface area contributed by atoms with Crippen LogP contribution in [0.1, 0.15) is 55.2 Å². The topological polar surface area (TPSA) is 41.0 Å². The van der Waals surface area contributed by atoms with E-state index in [1.54, 1.807) is 18.5 Å². The number of aryl methyl sites for hydroxylation is 2. The molecule has 1 saturated heterocycles. The third-order valence-electron chi connectivity index (χ3n) is 7.62. The molecule has 0 amide bonds. The monoisotopic (exact) mass is 541 g/mol. The molecule has 1 aromatic carbocycles. The summed E-state index contributed by atoms with van der Waals surface area (Å²) in [6, 6.07) is 8.04. The maximum Gasteiger partial charge on any atom is 0.400 e. The fourth-order valence-corrected chi connectivity index (χ4v) is 5.64. The summed E-state index contributed by atoms with van der Waals surface area (Å²) in [4.78, 5) is 17.2. The number of likely N-dealkylation sites (tertiary alicyclic amines) is 1. The summed E-state index contributed by atoms with van der Waals surface area (Å²) >= 11 is 0. The molecular formula is C28H33F6N3O. The van der Waals surface area contributed by atoms with Crippen LogP contribution in [-0.2, 0) is 7.05 Å². The number of piperidine rings is 1. The first kappa shape index (κ1) is 28.3. The zero-order valence-electron chi connectivity index (χ0n) is 21.9. The van der Waals surface area contributed by atoms with Gasteiger partial charge in [0.25, 0.3) is 12.0 Å². The Bertz CT molecular complexity index is 1310. The second kappa shape index (κ2) is 10.8. The molecule has 1 fully saturated rings. The summed E-state index contributed by atoms with van der Waals surface area (Å²) in [5, 5.41) is 1.07. The number of aromatic amines is 1. The molecular weight excluding hydrogens is 508 g/mol. The molecule has 1 aliphatic heterocycles.